The highest BCUT2D eigenvalue weighted by Gasteiger charge is 2.26. The molecule has 1 N–H and O–H groups in total. The highest BCUT2D eigenvalue weighted by Crippen LogP contribution is 2.29. The summed E-state index contributed by atoms with van der Waals surface area (Å²) in [5.41, 5.74) is 3.57. The molecular weight excluding hydrogens is 386 g/mol. The van der Waals surface area contributed by atoms with E-state index in [1.54, 1.807) is 25.3 Å². The van der Waals surface area contributed by atoms with Gasteiger partial charge in [-0.15, -0.1) is 0 Å². The van der Waals surface area contributed by atoms with Crippen LogP contribution in [0.25, 0.3) is 0 Å². The third-order valence-corrected chi connectivity index (χ3v) is 6.27. The van der Waals surface area contributed by atoms with Crippen LogP contribution < -0.4 is 10.1 Å². The van der Waals surface area contributed by atoms with Gasteiger partial charge in [0.1, 0.15) is 5.75 Å². The molecule has 2 aromatic carbocycles. The van der Waals surface area contributed by atoms with Gasteiger partial charge in [0, 0.05) is 37.7 Å². The van der Waals surface area contributed by atoms with Crippen molar-refractivity contribution in [1.29, 1.82) is 0 Å². The molecule has 2 aromatic rings. The number of nitrogens with one attached hydrogen (secondary N) is 1. The fourth-order valence-corrected chi connectivity index (χ4v) is 4.54. The predicted molar refractivity (Wildman–Crippen MR) is 117 cm³/mol. The van der Waals surface area contributed by atoms with Gasteiger partial charge in [-0.05, 0) is 54.5 Å². The number of anilines is 1. The highest BCUT2D eigenvalue weighted by molar-refractivity contribution is 6.31. The predicted octanol–water partition coefficient (Wildman–Crippen LogP) is 4.65. The topological polar surface area (TPSA) is 44.8 Å². The molecule has 0 aromatic heterocycles. The lowest BCUT2D eigenvalue weighted by molar-refractivity contribution is 0.147. The van der Waals surface area contributed by atoms with E-state index >= 15 is 0 Å². The minimum absolute atomic E-state index is 0.0871. The molecule has 29 heavy (non-hydrogen) atoms. The van der Waals surface area contributed by atoms with Gasteiger partial charge < -0.3 is 15.0 Å². The van der Waals surface area contributed by atoms with Crippen molar-refractivity contribution in [3.63, 3.8) is 0 Å². The largest absolute Gasteiger partial charge is 0.495 e. The number of likely N-dealkylation sites (tertiary alicyclic amines) is 1. The van der Waals surface area contributed by atoms with Crippen molar-refractivity contribution in [3.05, 3.63) is 58.6 Å². The Morgan fingerprint density at radius 2 is 1.90 bits per heavy atom. The van der Waals surface area contributed by atoms with Gasteiger partial charge in [0.2, 0.25) is 0 Å². The molecule has 0 aliphatic carbocycles. The average Bonchev–Trinajstić information content (AvgIpc) is 2.74. The summed E-state index contributed by atoms with van der Waals surface area (Å²) in [5, 5.41) is 3.52. The summed E-state index contributed by atoms with van der Waals surface area (Å²) in [6, 6.07) is 13.9. The van der Waals surface area contributed by atoms with E-state index in [4.69, 9.17) is 16.3 Å². The van der Waals surface area contributed by atoms with Crippen LogP contribution in [0.5, 0.6) is 5.75 Å². The number of piperidine rings is 1. The number of fused-ring (bicyclic) bond motifs is 1. The Labute approximate surface area is 177 Å². The molecule has 154 valence electrons. The summed E-state index contributed by atoms with van der Waals surface area (Å²) in [5.74, 6) is 1.26. The number of rotatable bonds is 4. The number of carbonyl (C=O) groups is 1. The van der Waals surface area contributed by atoms with Gasteiger partial charge in [-0.2, -0.15) is 0 Å². The maximum absolute atomic E-state index is 12.7. The van der Waals surface area contributed by atoms with Crippen LogP contribution in [0.4, 0.5) is 10.5 Å². The lowest BCUT2D eigenvalue weighted by atomic mass is 9.94. The van der Waals surface area contributed by atoms with Crippen molar-refractivity contribution in [2.45, 2.75) is 25.8 Å². The van der Waals surface area contributed by atoms with E-state index in [-0.39, 0.29) is 6.03 Å². The molecule has 4 rings (SSSR count). The summed E-state index contributed by atoms with van der Waals surface area (Å²) in [6.07, 6.45) is 3.22. The normalized spacial score (nSPS) is 17.7. The standard InChI is InChI=1S/C23H28ClN3O2/c1-29-22-7-6-20(24)14-21(22)25-23(28)27-12-8-17(9-13-27)15-26-11-10-18-4-2-3-5-19(18)16-26/h2-7,14,17H,8-13,15-16H2,1H3,(H,25,28). The second-order valence-corrected chi connectivity index (χ2v) is 8.40. The summed E-state index contributed by atoms with van der Waals surface area (Å²) in [6.45, 7) is 4.86. The van der Waals surface area contributed by atoms with Crippen LogP contribution in [0.3, 0.4) is 0 Å². The Balaban J connectivity index is 1.27. The number of nitrogens with zero attached hydrogens (tertiary/aromatic N) is 2. The van der Waals surface area contributed by atoms with Gasteiger partial charge in [0.15, 0.2) is 0 Å². The zero-order valence-corrected chi connectivity index (χ0v) is 17.6. The van der Waals surface area contributed by atoms with Gasteiger partial charge in [-0.3, -0.25) is 4.90 Å². The van der Waals surface area contributed by atoms with Crippen LogP contribution in [0.15, 0.2) is 42.5 Å². The number of carbonyl (C=O) groups excluding carboxylic acids is 1. The number of halogens is 1. The fraction of sp³-hybridized carbons (Fsp3) is 0.435. The molecule has 0 spiro atoms. The Morgan fingerprint density at radius 1 is 1.14 bits per heavy atom. The van der Waals surface area contributed by atoms with Crippen molar-refractivity contribution in [2.75, 3.05) is 38.6 Å². The van der Waals surface area contributed by atoms with E-state index in [0.717, 1.165) is 52.0 Å². The number of ether oxygens (including phenoxy) is 1. The molecule has 0 atom stereocenters. The summed E-state index contributed by atoms with van der Waals surface area (Å²) >= 11 is 6.06. The van der Waals surface area contributed by atoms with Crippen LogP contribution in [0, 0.1) is 5.92 Å². The first-order valence-electron chi connectivity index (χ1n) is 10.3. The molecule has 2 aliphatic rings. The Morgan fingerprint density at radius 3 is 2.66 bits per heavy atom. The third kappa shape index (κ3) is 4.85. The van der Waals surface area contributed by atoms with Crippen LogP contribution in [0.1, 0.15) is 24.0 Å². The van der Waals surface area contributed by atoms with E-state index in [9.17, 15) is 4.79 Å². The van der Waals surface area contributed by atoms with Crippen molar-refractivity contribution < 1.29 is 9.53 Å². The molecule has 6 heteroatoms. The first-order valence-corrected chi connectivity index (χ1v) is 10.7. The molecular formula is C23H28ClN3O2. The molecule has 0 unspecified atom stereocenters. The van der Waals surface area contributed by atoms with E-state index in [2.05, 4.69) is 34.5 Å². The minimum atomic E-state index is -0.0871. The zero-order valence-electron chi connectivity index (χ0n) is 16.9. The maximum atomic E-state index is 12.7. The van der Waals surface area contributed by atoms with E-state index in [1.165, 1.54) is 11.1 Å². The molecule has 1 fully saturated rings. The fourth-order valence-electron chi connectivity index (χ4n) is 4.37. The van der Waals surface area contributed by atoms with Crippen LogP contribution in [-0.2, 0) is 13.0 Å². The van der Waals surface area contributed by atoms with Crippen LogP contribution >= 0.6 is 11.6 Å². The van der Waals surface area contributed by atoms with Gasteiger partial charge in [0.25, 0.3) is 0 Å². The minimum Gasteiger partial charge on any atom is -0.495 e. The molecule has 5 nitrogen and oxygen atoms in total. The Bertz CT molecular complexity index is 865. The number of urea groups is 1. The summed E-state index contributed by atoms with van der Waals surface area (Å²) < 4.78 is 5.32. The number of amides is 2. The molecule has 0 radical (unpaired) electrons. The van der Waals surface area contributed by atoms with E-state index in [0.29, 0.717) is 22.4 Å². The van der Waals surface area contributed by atoms with Crippen molar-refractivity contribution in [1.82, 2.24) is 9.80 Å². The van der Waals surface area contributed by atoms with Gasteiger partial charge in [-0.1, -0.05) is 35.9 Å². The van der Waals surface area contributed by atoms with E-state index in [1.807, 2.05) is 4.90 Å². The quantitative estimate of drug-likeness (QED) is 0.793. The Hall–Kier alpha value is -2.24. The van der Waals surface area contributed by atoms with Gasteiger partial charge in [-0.25, -0.2) is 4.79 Å². The van der Waals surface area contributed by atoms with Crippen LogP contribution in [-0.4, -0.2) is 49.1 Å². The van der Waals surface area contributed by atoms with Gasteiger partial charge >= 0.3 is 6.03 Å². The first kappa shape index (κ1) is 20.0. The summed E-state index contributed by atoms with van der Waals surface area (Å²) in [7, 11) is 1.59. The second kappa shape index (κ2) is 9.06. The first-order chi connectivity index (χ1) is 14.1. The molecule has 1 saturated heterocycles. The van der Waals surface area contributed by atoms with Crippen LogP contribution in [0.2, 0.25) is 5.02 Å². The highest BCUT2D eigenvalue weighted by atomic mass is 35.5. The third-order valence-electron chi connectivity index (χ3n) is 6.03. The Kier molecular flexibility index (Phi) is 6.26. The maximum Gasteiger partial charge on any atom is 0.321 e. The summed E-state index contributed by atoms with van der Waals surface area (Å²) in [4.78, 5) is 17.1. The SMILES string of the molecule is COc1ccc(Cl)cc1NC(=O)N1CCC(CN2CCc3ccccc3C2)CC1. The average molecular weight is 414 g/mol. The number of hydrogen-bond donors (Lipinski definition) is 1. The van der Waals surface area contributed by atoms with Crippen molar-refractivity contribution in [2.24, 2.45) is 5.92 Å². The lowest BCUT2D eigenvalue weighted by Gasteiger charge is -2.36. The monoisotopic (exact) mass is 413 g/mol. The number of hydrogen-bond acceptors (Lipinski definition) is 3. The number of methoxy groups -OCH3 is 1. The second-order valence-electron chi connectivity index (χ2n) is 7.96. The molecule has 0 bridgehead atoms. The van der Waals surface area contributed by atoms with Crippen molar-refractivity contribution >= 4 is 23.3 Å². The van der Waals surface area contributed by atoms with Gasteiger partial charge in [0.05, 0.1) is 12.8 Å². The lowest BCUT2D eigenvalue weighted by Crippen LogP contribution is -2.44. The molecule has 2 heterocycles. The molecule has 0 saturated carbocycles. The molecule has 2 aliphatic heterocycles. The number of benzene rings is 2. The van der Waals surface area contributed by atoms with E-state index < -0.39 is 0 Å². The van der Waals surface area contributed by atoms with Crippen molar-refractivity contribution in [3.8, 4) is 5.75 Å². The smallest absolute Gasteiger partial charge is 0.321 e. The molecule has 2 amide bonds. The zero-order chi connectivity index (χ0) is 20.2.